The fourth-order valence-electron chi connectivity index (χ4n) is 2.76. The van der Waals surface area contributed by atoms with Crippen LogP contribution in [0.5, 0.6) is 0 Å². The van der Waals surface area contributed by atoms with Crippen molar-refractivity contribution < 1.29 is 9.59 Å². The van der Waals surface area contributed by atoms with Gasteiger partial charge in [-0.1, -0.05) is 54.1 Å². The fourth-order valence-corrected chi connectivity index (χ4v) is 3.75. The van der Waals surface area contributed by atoms with Crippen LogP contribution in [0.4, 0.5) is 0 Å². The van der Waals surface area contributed by atoms with Gasteiger partial charge >= 0.3 is 0 Å². The van der Waals surface area contributed by atoms with Crippen molar-refractivity contribution >= 4 is 35.2 Å². The van der Waals surface area contributed by atoms with Crippen molar-refractivity contribution in [1.29, 1.82) is 0 Å². The number of hydrogen-bond donors (Lipinski definition) is 1. The van der Waals surface area contributed by atoms with Crippen LogP contribution >= 0.6 is 23.4 Å². The average molecular weight is 433 g/mol. The summed E-state index contributed by atoms with van der Waals surface area (Å²) in [5, 5.41) is 3.61. The van der Waals surface area contributed by atoms with Crippen LogP contribution < -0.4 is 5.32 Å². The van der Waals surface area contributed by atoms with E-state index in [0.29, 0.717) is 17.3 Å². The summed E-state index contributed by atoms with van der Waals surface area (Å²) in [7, 11) is 0. The number of carbonyl (C=O) groups excluding carboxylic acids is 2. The molecule has 0 aliphatic rings. The Morgan fingerprint density at radius 1 is 1.03 bits per heavy atom. The molecule has 2 rings (SSSR count). The highest BCUT2D eigenvalue weighted by Crippen LogP contribution is 2.17. The molecule has 0 fully saturated rings. The van der Waals surface area contributed by atoms with Crippen LogP contribution in [0.3, 0.4) is 0 Å². The van der Waals surface area contributed by atoms with Crippen molar-refractivity contribution in [1.82, 2.24) is 10.2 Å². The maximum absolute atomic E-state index is 13.0. The van der Waals surface area contributed by atoms with E-state index in [1.54, 1.807) is 35.7 Å². The minimum atomic E-state index is -0.574. The molecule has 1 N–H and O–H groups in total. The molecule has 1 unspecified atom stereocenters. The molecule has 0 saturated heterocycles. The predicted molar refractivity (Wildman–Crippen MR) is 122 cm³/mol. The zero-order valence-electron chi connectivity index (χ0n) is 17.4. The normalized spacial score (nSPS) is 12.3. The first-order chi connectivity index (χ1) is 13.7. The van der Waals surface area contributed by atoms with Gasteiger partial charge in [-0.25, -0.2) is 0 Å². The van der Waals surface area contributed by atoms with Gasteiger partial charge in [-0.3, -0.25) is 9.59 Å². The van der Waals surface area contributed by atoms with Crippen LogP contribution in [0.1, 0.15) is 38.8 Å². The number of nitrogens with one attached hydrogen (secondary N) is 1. The molecule has 0 bridgehead atoms. The Labute approximate surface area is 183 Å². The second-order valence-electron chi connectivity index (χ2n) is 8.04. The average Bonchev–Trinajstić information content (AvgIpc) is 2.66. The first-order valence-corrected chi connectivity index (χ1v) is 11.2. The summed E-state index contributed by atoms with van der Waals surface area (Å²) >= 11 is 7.53. The monoisotopic (exact) mass is 432 g/mol. The molecule has 0 spiro atoms. The van der Waals surface area contributed by atoms with E-state index in [9.17, 15) is 9.59 Å². The topological polar surface area (TPSA) is 49.4 Å². The van der Waals surface area contributed by atoms with Gasteiger partial charge in [0, 0.05) is 22.9 Å². The van der Waals surface area contributed by atoms with Crippen molar-refractivity contribution in [2.45, 2.75) is 51.6 Å². The SMILES string of the molecule is CC(C(=O)NC(C)(C)C)N(Cc1ccc(Cl)cc1)C(=O)CSCc1ccccc1. The number of carbonyl (C=O) groups is 2. The van der Waals surface area contributed by atoms with Crippen LogP contribution in [-0.2, 0) is 21.9 Å². The van der Waals surface area contributed by atoms with Crippen molar-refractivity contribution in [2.75, 3.05) is 5.75 Å². The van der Waals surface area contributed by atoms with Crippen molar-refractivity contribution in [3.8, 4) is 0 Å². The summed E-state index contributed by atoms with van der Waals surface area (Å²) in [6.07, 6.45) is 0. The third-order valence-electron chi connectivity index (χ3n) is 4.27. The molecule has 0 aliphatic carbocycles. The van der Waals surface area contributed by atoms with E-state index in [1.165, 1.54) is 5.56 Å². The maximum atomic E-state index is 13.0. The number of benzene rings is 2. The molecule has 2 amide bonds. The molecule has 2 aromatic carbocycles. The van der Waals surface area contributed by atoms with Crippen molar-refractivity contribution in [3.63, 3.8) is 0 Å². The molecule has 4 nitrogen and oxygen atoms in total. The van der Waals surface area contributed by atoms with E-state index in [1.807, 2.05) is 63.2 Å². The van der Waals surface area contributed by atoms with E-state index >= 15 is 0 Å². The smallest absolute Gasteiger partial charge is 0.242 e. The number of amides is 2. The number of thioether (sulfide) groups is 1. The largest absolute Gasteiger partial charge is 0.350 e. The minimum Gasteiger partial charge on any atom is -0.350 e. The molecule has 1 atom stereocenters. The summed E-state index contributed by atoms with van der Waals surface area (Å²) in [4.78, 5) is 27.4. The Bertz CT molecular complexity index is 804. The second-order valence-corrected chi connectivity index (χ2v) is 9.46. The standard InChI is InChI=1S/C23H29ClN2O2S/c1-17(22(28)25-23(2,3)4)26(14-18-10-12-20(24)13-11-18)21(27)16-29-15-19-8-6-5-7-9-19/h5-13,17H,14-16H2,1-4H3,(H,25,28). The van der Waals surface area contributed by atoms with E-state index in [-0.39, 0.29) is 17.4 Å². The Morgan fingerprint density at radius 2 is 1.66 bits per heavy atom. The lowest BCUT2D eigenvalue weighted by molar-refractivity contribution is -0.139. The lowest BCUT2D eigenvalue weighted by Gasteiger charge is -2.31. The third-order valence-corrected chi connectivity index (χ3v) is 5.51. The highest BCUT2D eigenvalue weighted by molar-refractivity contribution is 7.99. The first-order valence-electron chi connectivity index (χ1n) is 9.63. The van der Waals surface area contributed by atoms with E-state index in [2.05, 4.69) is 5.32 Å². The summed E-state index contributed by atoms with van der Waals surface area (Å²) in [5.74, 6) is 0.852. The van der Waals surface area contributed by atoms with Crippen LogP contribution in [0, 0.1) is 0 Å². The first kappa shape index (κ1) is 23.3. The highest BCUT2D eigenvalue weighted by Gasteiger charge is 2.28. The van der Waals surface area contributed by atoms with Crippen molar-refractivity contribution in [2.24, 2.45) is 0 Å². The van der Waals surface area contributed by atoms with Gasteiger partial charge in [-0.2, -0.15) is 0 Å². The lowest BCUT2D eigenvalue weighted by atomic mass is 10.1. The van der Waals surface area contributed by atoms with E-state index < -0.39 is 6.04 Å². The molecule has 0 radical (unpaired) electrons. The van der Waals surface area contributed by atoms with Gasteiger partial charge in [0.2, 0.25) is 11.8 Å². The summed E-state index contributed by atoms with van der Waals surface area (Å²) < 4.78 is 0. The molecular weight excluding hydrogens is 404 g/mol. The quantitative estimate of drug-likeness (QED) is 0.645. The van der Waals surface area contributed by atoms with Gasteiger partial charge in [-0.05, 0) is 51.0 Å². The summed E-state index contributed by atoms with van der Waals surface area (Å²) in [6, 6.07) is 16.8. The molecule has 0 aromatic heterocycles. The second kappa shape index (κ2) is 10.7. The zero-order chi connectivity index (χ0) is 21.4. The fraction of sp³-hybridized carbons (Fsp3) is 0.391. The molecular formula is C23H29ClN2O2S. The molecule has 2 aromatic rings. The zero-order valence-corrected chi connectivity index (χ0v) is 19.0. The number of rotatable bonds is 8. The lowest BCUT2D eigenvalue weighted by Crippen LogP contribution is -2.52. The van der Waals surface area contributed by atoms with Crippen molar-refractivity contribution in [3.05, 3.63) is 70.7 Å². The molecule has 29 heavy (non-hydrogen) atoms. The van der Waals surface area contributed by atoms with Gasteiger partial charge in [0.1, 0.15) is 6.04 Å². The Balaban J connectivity index is 2.08. The Kier molecular flexibility index (Phi) is 8.60. The molecule has 156 valence electrons. The van der Waals surface area contributed by atoms with E-state index in [0.717, 1.165) is 11.3 Å². The van der Waals surface area contributed by atoms with Crippen LogP contribution in [0.15, 0.2) is 54.6 Å². The van der Waals surface area contributed by atoms with Gasteiger partial charge in [-0.15, -0.1) is 11.8 Å². The van der Waals surface area contributed by atoms with Gasteiger partial charge in [0.05, 0.1) is 5.75 Å². The third kappa shape index (κ3) is 8.11. The highest BCUT2D eigenvalue weighted by atomic mass is 35.5. The number of nitrogens with zero attached hydrogens (tertiary/aromatic N) is 1. The minimum absolute atomic E-state index is 0.0579. The van der Waals surface area contributed by atoms with Gasteiger partial charge in [0.25, 0.3) is 0 Å². The number of halogens is 1. The van der Waals surface area contributed by atoms with Crippen LogP contribution in [-0.4, -0.2) is 34.0 Å². The molecule has 0 saturated carbocycles. The summed E-state index contributed by atoms with van der Waals surface area (Å²) in [6.45, 7) is 7.92. The van der Waals surface area contributed by atoms with Crippen LogP contribution in [0.2, 0.25) is 5.02 Å². The summed E-state index contributed by atoms with van der Waals surface area (Å²) in [5.41, 5.74) is 1.75. The molecule has 6 heteroatoms. The van der Waals surface area contributed by atoms with Crippen LogP contribution in [0.25, 0.3) is 0 Å². The molecule has 0 heterocycles. The van der Waals surface area contributed by atoms with E-state index in [4.69, 9.17) is 11.6 Å². The Morgan fingerprint density at radius 3 is 2.24 bits per heavy atom. The predicted octanol–water partition coefficient (Wildman–Crippen LogP) is 4.91. The maximum Gasteiger partial charge on any atom is 0.242 e. The number of hydrogen-bond acceptors (Lipinski definition) is 3. The van der Waals surface area contributed by atoms with Gasteiger partial charge in [0.15, 0.2) is 0 Å². The Hall–Kier alpha value is -1.98. The molecule has 0 aliphatic heterocycles. The van der Waals surface area contributed by atoms with Gasteiger partial charge < -0.3 is 10.2 Å².